The van der Waals surface area contributed by atoms with E-state index >= 15 is 0 Å². The second-order valence-electron chi connectivity index (χ2n) is 7.98. The summed E-state index contributed by atoms with van der Waals surface area (Å²) in [5.41, 5.74) is 2.56. The highest BCUT2D eigenvalue weighted by Gasteiger charge is 2.32. The number of aromatic nitrogens is 2. The Hall–Kier alpha value is -3.67. The lowest BCUT2D eigenvalue weighted by Crippen LogP contribution is -2.47. The van der Waals surface area contributed by atoms with Gasteiger partial charge in [-0.3, -0.25) is 19.1 Å². The number of anilines is 1. The van der Waals surface area contributed by atoms with E-state index in [2.05, 4.69) is 21.8 Å². The Morgan fingerprint density at radius 3 is 2.74 bits per heavy atom. The van der Waals surface area contributed by atoms with E-state index < -0.39 is 0 Å². The number of nitrogens with zero attached hydrogens (tertiary/aromatic N) is 4. The second-order valence-corrected chi connectivity index (χ2v) is 7.98. The molecule has 160 valence electrons. The van der Waals surface area contributed by atoms with Crippen molar-refractivity contribution >= 4 is 23.4 Å². The standard InChI is InChI=1S/C22H24N6O3/c1-3-20(29)24-12-27-11-13(2)28-19(22(27)31)9-18(26-28)16-7-4-14(10-23)8-17(16)25-21(30)15-5-6-15/h4,7-9,13,15H,3,5-6,11-12H2,1-2H3,(H,24,29)(H,25,30)/t13-/m0/s1. The van der Waals surface area contributed by atoms with Crippen LogP contribution in [-0.2, 0) is 9.59 Å². The van der Waals surface area contributed by atoms with Gasteiger partial charge in [0.15, 0.2) is 0 Å². The highest BCUT2D eigenvalue weighted by atomic mass is 16.2. The van der Waals surface area contributed by atoms with Crippen molar-refractivity contribution in [3.63, 3.8) is 0 Å². The lowest BCUT2D eigenvalue weighted by molar-refractivity contribution is -0.121. The van der Waals surface area contributed by atoms with Crippen molar-refractivity contribution < 1.29 is 14.4 Å². The molecule has 2 aliphatic rings. The molecule has 9 heteroatoms. The van der Waals surface area contributed by atoms with Gasteiger partial charge in [0.25, 0.3) is 5.91 Å². The first kappa shape index (κ1) is 20.6. The summed E-state index contributed by atoms with van der Waals surface area (Å²) >= 11 is 0. The SMILES string of the molecule is CCC(=O)NCN1C[C@H](C)n2nc(-c3ccc(C#N)cc3NC(=O)C3CC3)cc2C1=O. The van der Waals surface area contributed by atoms with Crippen LogP contribution >= 0.6 is 0 Å². The number of hydrogen-bond acceptors (Lipinski definition) is 5. The van der Waals surface area contributed by atoms with E-state index in [1.165, 1.54) is 0 Å². The number of carbonyl (C=O) groups is 3. The fourth-order valence-corrected chi connectivity index (χ4v) is 3.63. The van der Waals surface area contributed by atoms with Crippen LogP contribution in [0.2, 0.25) is 0 Å². The Morgan fingerprint density at radius 2 is 2.06 bits per heavy atom. The average Bonchev–Trinajstić information content (AvgIpc) is 3.53. The molecule has 1 aliphatic carbocycles. The van der Waals surface area contributed by atoms with Gasteiger partial charge in [-0.2, -0.15) is 10.4 Å². The summed E-state index contributed by atoms with van der Waals surface area (Å²) in [5.74, 6) is -0.385. The third kappa shape index (κ3) is 4.14. The summed E-state index contributed by atoms with van der Waals surface area (Å²) in [6, 6.07) is 8.74. The first-order chi connectivity index (χ1) is 14.9. The van der Waals surface area contributed by atoms with Gasteiger partial charge >= 0.3 is 0 Å². The van der Waals surface area contributed by atoms with E-state index in [4.69, 9.17) is 0 Å². The van der Waals surface area contributed by atoms with Crippen molar-refractivity contribution in [2.45, 2.75) is 39.2 Å². The molecule has 0 spiro atoms. The Kier molecular flexibility index (Phi) is 5.46. The minimum atomic E-state index is -0.217. The van der Waals surface area contributed by atoms with Crippen LogP contribution in [0.4, 0.5) is 5.69 Å². The summed E-state index contributed by atoms with van der Waals surface area (Å²) < 4.78 is 1.68. The van der Waals surface area contributed by atoms with Gasteiger partial charge in [-0.15, -0.1) is 0 Å². The molecule has 3 amide bonds. The van der Waals surface area contributed by atoms with Crippen LogP contribution < -0.4 is 10.6 Å². The minimum absolute atomic E-state index is 0.0160. The maximum absolute atomic E-state index is 13.0. The highest BCUT2D eigenvalue weighted by Crippen LogP contribution is 2.34. The van der Waals surface area contributed by atoms with Crippen molar-refractivity contribution in [1.82, 2.24) is 20.0 Å². The molecule has 2 aromatic rings. The summed E-state index contributed by atoms with van der Waals surface area (Å²) in [6.45, 7) is 4.29. The number of benzene rings is 1. The Labute approximate surface area is 180 Å². The molecule has 0 radical (unpaired) electrons. The minimum Gasteiger partial charge on any atom is -0.338 e. The fourth-order valence-electron chi connectivity index (χ4n) is 3.63. The molecule has 0 saturated heterocycles. The van der Waals surface area contributed by atoms with Crippen LogP contribution in [-0.4, -0.2) is 45.6 Å². The van der Waals surface area contributed by atoms with Crippen LogP contribution in [0.1, 0.15) is 55.2 Å². The molecule has 1 fully saturated rings. The lowest BCUT2D eigenvalue weighted by atomic mass is 10.1. The first-order valence-corrected chi connectivity index (χ1v) is 10.4. The highest BCUT2D eigenvalue weighted by molar-refractivity contribution is 5.99. The molecular formula is C22H24N6O3. The summed E-state index contributed by atoms with van der Waals surface area (Å²) in [7, 11) is 0. The zero-order valence-corrected chi connectivity index (χ0v) is 17.5. The Balaban J connectivity index is 1.65. The molecule has 1 atom stereocenters. The fraction of sp³-hybridized carbons (Fsp3) is 0.409. The normalized spacial score (nSPS) is 17.6. The molecule has 2 N–H and O–H groups in total. The number of nitriles is 1. The van der Waals surface area contributed by atoms with Gasteiger partial charge in [-0.25, -0.2) is 0 Å². The number of amides is 3. The molecule has 1 aliphatic heterocycles. The zero-order chi connectivity index (χ0) is 22.1. The smallest absolute Gasteiger partial charge is 0.273 e. The molecular weight excluding hydrogens is 396 g/mol. The van der Waals surface area contributed by atoms with E-state index in [1.54, 1.807) is 40.8 Å². The first-order valence-electron chi connectivity index (χ1n) is 10.4. The monoisotopic (exact) mass is 420 g/mol. The third-order valence-electron chi connectivity index (χ3n) is 5.56. The number of hydrogen-bond donors (Lipinski definition) is 2. The van der Waals surface area contributed by atoms with Gasteiger partial charge in [-0.1, -0.05) is 6.92 Å². The maximum atomic E-state index is 13.0. The Morgan fingerprint density at radius 1 is 1.29 bits per heavy atom. The number of carbonyl (C=O) groups excluding carboxylic acids is 3. The Bertz CT molecular complexity index is 1100. The molecule has 31 heavy (non-hydrogen) atoms. The van der Waals surface area contributed by atoms with Crippen LogP contribution in [0.15, 0.2) is 24.3 Å². The predicted molar refractivity (Wildman–Crippen MR) is 113 cm³/mol. The van der Waals surface area contributed by atoms with Crippen molar-refractivity contribution in [3.8, 4) is 17.3 Å². The molecule has 1 aromatic carbocycles. The van der Waals surface area contributed by atoms with E-state index in [1.807, 2.05) is 6.92 Å². The molecule has 0 bridgehead atoms. The van der Waals surface area contributed by atoms with Crippen molar-refractivity contribution in [1.29, 1.82) is 5.26 Å². The van der Waals surface area contributed by atoms with Crippen LogP contribution in [0.5, 0.6) is 0 Å². The number of rotatable bonds is 6. The van der Waals surface area contributed by atoms with Gasteiger partial charge in [0, 0.05) is 24.4 Å². The summed E-state index contributed by atoms with van der Waals surface area (Å²) in [4.78, 5) is 38.5. The van der Waals surface area contributed by atoms with Gasteiger partial charge in [-0.05, 0) is 44.0 Å². The van der Waals surface area contributed by atoms with E-state index in [9.17, 15) is 19.6 Å². The molecule has 9 nitrogen and oxygen atoms in total. The van der Waals surface area contributed by atoms with Crippen molar-refractivity contribution in [2.75, 3.05) is 18.5 Å². The van der Waals surface area contributed by atoms with Gasteiger partial charge in [0.1, 0.15) is 5.69 Å². The molecule has 1 aromatic heterocycles. The molecule has 4 rings (SSSR count). The van der Waals surface area contributed by atoms with Crippen molar-refractivity contribution in [3.05, 3.63) is 35.5 Å². The lowest BCUT2D eigenvalue weighted by Gasteiger charge is -2.31. The predicted octanol–water partition coefficient (Wildman–Crippen LogP) is 2.27. The molecule has 0 unspecified atom stereocenters. The topological polar surface area (TPSA) is 120 Å². The van der Waals surface area contributed by atoms with E-state index in [-0.39, 0.29) is 36.3 Å². The van der Waals surface area contributed by atoms with E-state index in [0.29, 0.717) is 41.2 Å². The van der Waals surface area contributed by atoms with Crippen LogP contribution in [0, 0.1) is 17.2 Å². The third-order valence-corrected chi connectivity index (χ3v) is 5.56. The maximum Gasteiger partial charge on any atom is 0.273 e. The van der Waals surface area contributed by atoms with Gasteiger partial charge in [0.05, 0.1) is 35.7 Å². The van der Waals surface area contributed by atoms with Crippen LogP contribution in [0.25, 0.3) is 11.3 Å². The zero-order valence-electron chi connectivity index (χ0n) is 17.5. The van der Waals surface area contributed by atoms with Gasteiger partial charge in [0.2, 0.25) is 11.8 Å². The van der Waals surface area contributed by atoms with Crippen molar-refractivity contribution in [2.24, 2.45) is 5.92 Å². The van der Waals surface area contributed by atoms with Crippen LogP contribution in [0.3, 0.4) is 0 Å². The number of fused-ring (bicyclic) bond motifs is 1. The molecule has 1 saturated carbocycles. The quantitative estimate of drug-likeness (QED) is 0.743. The average molecular weight is 420 g/mol. The van der Waals surface area contributed by atoms with Gasteiger partial charge < -0.3 is 15.5 Å². The molecule has 2 heterocycles. The second kappa shape index (κ2) is 8.22. The number of nitrogens with one attached hydrogen (secondary N) is 2. The summed E-state index contributed by atoms with van der Waals surface area (Å²) in [6.07, 6.45) is 2.09. The summed E-state index contributed by atoms with van der Waals surface area (Å²) in [5, 5.41) is 19.5. The van der Waals surface area contributed by atoms with E-state index in [0.717, 1.165) is 12.8 Å². The largest absolute Gasteiger partial charge is 0.338 e.